The van der Waals surface area contributed by atoms with Crippen LogP contribution in [0.2, 0.25) is 0 Å². The van der Waals surface area contributed by atoms with Gasteiger partial charge in [0.05, 0.1) is 24.5 Å². The molecule has 7 nitrogen and oxygen atoms in total. The van der Waals surface area contributed by atoms with Crippen molar-refractivity contribution in [3.05, 3.63) is 0 Å². The van der Waals surface area contributed by atoms with Gasteiger partial charge in [-0.1, -0.05) is 0 Å². The minimum Gasteiger partial charge on any atom is -0.481 e. The van der Waals surface area contributed by atoms with Gasteiger partial charge in [0.1, 0.15) is 0 Å². The molecule has 1 aliphatic heterocycles. The van der Waals surface area contributed by atoms with Crippen LogP contribution in [0.25, 0.3) is 0 Å². The number of aliphatic carboxylic acids is 1. The van der Waals surface area contributed by atoms with Crippen LogP contribution in [-0.2, 0) is 19.4 Å². The summed E-state index contributed by atoms with van der Waals surface area (Å²) in [6.45, 7) is 0.950. The highest BCUT2D eigenvalue weighted by Gasteiger charge is 2.33. The first-order valence-electron chi connectivity index (χ1n) is 6.79. The number of hydrogen-bond acceptors (Lipinski definition) is 5. The summed E-state index contributed by atoms with van der Waals surface area (Å²) in [6.07, 6.45) is 2.03. The molecule has 1 heterocycles. The predicted molar refractivity (Wildman–Crippen MR) is 72.0 cm³/mol. The van der Waals surface area contributed by atoms with Crippen LogP contribution in [0.15, 0.2) is 0 Å². The third-order valence-electron chi connectivity index (χ3n) is 3.69. The van der Waals surface area contributed by atoms with Crippen LogP contribution in [0.3, 0.4) is 0 Å². The number of hydrogen-bond donors (Lipinski definition) is 2. The third kappa shape index (κ3) is 4.75. The largest absolute Gasteiger partial charge is 0.481 e. The van der Waals surface area contributed by atoms with E-state index in [1.165, 1.54) is 0 Å². The zero-order chi connectivity index (χ0) is 14.8. The van der Waals surface area contributed by atoms with Crippen molar-refractivity contribution in [2.75, 3.05) is 31.1 Å². The highest BCUT2D eigenvalue weighted by atomic mass is 32.2. The second-order valence-corrected chi connectivity index (χ2v) is 7.81. The number of sulfone groups is 1. The first kappa shape index (κ1) is 15.2. The molecule has 20 heavy (non-hydrogen) atoms. The molecule has 114 valence electrons. The van der Waals surface area contributed by atoms with Crippen molar-refractivity contribution in [2.45, 2.75) is 25.3 Å². The molecular formula is C12H20N2O5S. The number of carbonyl (C=O) groups is 2. The quantitative estimate of drug-likeness (QED) is 0.658. The summed E-state index contributed by atoms with van der Waals surface area (Å²) in [5.41, 5.74) is 0. The number of amides is 1. The van der Waals surface area contributed by atoms with Gasteiger partial charge in [-0.25, -0.2) is 8.42 Å². The molecule has 2 N–H and O–H groups in total. The highest BCUT2D eigenvalue weighted by molar-refractivity contribution is 7.91. The molecule has 2 rings (SSSR count). The van der Waals surface area contributed by atoms with Crippen molar-refractivity contribution in [3.8, 4) is 0 Å². The number of rotatable bonds is 6. The summed E-state index contributed by atoms with van der Waals surface area (Å²) in [5, 5.41) is 11.7. The Morgan fingerprint density at radius 2 is 2.00 bits per heavy atom. The lowest BCUT2D eigenvalue weighted by molar-refractivity contribution is -0.138. The Morgan fingerprint density at radius 3 is 2.60 bits per heavy atom. The third-order valence-corrected chi connectivity index (χ3v) is 5.39. The smallest absolute Gasteiger partial charge is 0.304 e. The maximum absolute atomic E-state index is 11.8. The van der Waals surface area contributed by atoms with Gasteiger partial charge in [-0.05, 0) is 18.8 Å². The second-order valence-electron chi connectivity index (χ2n) is 5.58. The van der Waals surface area contributed by atoms with Crippen LogP contribution in [0.1, 0.15) is 19.3 Å². The number of carbonyl (C=O) groups excluding carboxylic acids is 1. The Morgan fingerprint density at radius 1 is 1.30 bits per heavy atom. The first-order valence-corrected chi connectivity index (χ1v) is 8.61. The Kier molecular flexibility index (Phi) is 4.64. The van der Waals surface area contributed by atoms with Gasteiger partial charge in [-0.3, -0.25) is 14.5 Å². The molecule has 0 aromatic rings. The van der Waals surface area contributed by atoms with Gasteiger partial charge in [0.25, 0.3) is 0 Å². The SMILES string of the molecule is O=C(O)CC1CS(=O)(=O)CCN1CC(=O)NCC1CC1. The Labute approximate surface area is 118 Å². The van der Waals surface area contributed by atoms with E-state index in [1.807, 2.05) is 0 Å². The molecule has 1 saturated carbocycles. The normalized spacial score (nSPS) is 26.1. The number of carboxylic acid groups (broad SMARTS) is 1. The van der Waals surface area contributed by atoms with E-state index in [-0.39, 0.29) is 36.9 Å². The molecule has 2 fully saturated rings. The maximum Gasteiger partial charge on any atom is 0.304 e. The van der Waals surface area contributed by atoms with Gasteiger partial charge >= 0.3 is 5.97 Å². The fraction of sp³-hybridized carbons (Fsp3) is 0.833. The van der Waals surface area contributed by atoms with Crippen molar-refractivity contribution >= 4 is 21.7 Å². The molecule has 0 radical (unpaired) electrons. The van der Waals surface area contributed by atoms with Crippen LogP contribution >= 0.6 is 0 Å². The fourth-order valence-electron chi connectivity index (χ4n) is 2.34. The fourth-order valence-corrected chi connectivity index (χ4v) is 3.93. The number of nitrogens with one attached hydrogen (secondary N) is 1. The maximum atomic E-state index is 11.8. The van der Waals surface area contributed by atoms with E-state index < -0.39 is 21.8 Å². The van der Waals surface area contributed by atoms with E-state index in [1.54, 1.807) is 4.90 Å². The minimum absolute atomic E-state index is 0.0149. The zero-order valence-electron chi connectivity index (χ0n) is 11.2. The average Bonchev–Trinajstić information content (AvgIpc) is 3.13. The number of nitrogens with zero attached hydrogens (tertiary/aromatic N) is 1. The van der Waals surface area contributed by atoms with Gasteiger partial charge in [0.2, 0.25) is 5.91 Å². The molecular weight excluding hydrogens is 284 g/mol. The summed E-state index contributed by atoms with van der Waals surface area (Å²) in [6, 6.07) is -0.613. The molecule has 1 saturated heterocycles. The zero-order valence-corrected chi connectivity index (χ0v) is 12.1. The second kappa shape index (κ2) is 6.09. The highest BCUT2D eigenvalue weighted by Crippen LogP contribution is 2.27. The molecule has 0 aromatic heterocycles. The van der Waals surface area contributed by atoms with Crippen LogP contribution in [-0.4, -0.2) is 67.5 Å². The molecule has 1 atom stereocenters. The Bertz CT molecular complexity index is 486. The van der Waals surface area contributed by atoms with Gasteiger partial charge in [0, 0.05) is 19.1 Å². The van der Waals surface area contributed by atoms with Gasteiger partial charge < -0.3 is 10.4 Å². The molecule has 0 spiro atoms. The predicted octanol–water partition coefficient (Wildman–Crippen LogP) is -0.914. The molecule has 1 amide bonds. The van der Waals surface area contributed by atoms with Crippen LogP contribution in [0, 0.1) is 5.92 Å². The molecule has 1 unspecified atom stereocenters. The van der Waals surface area contributed by atoms with E-state index >= 15 is 0 Å². The van der Waals surface area contributed by atoms with Gasteiger partial charge in [0.15, 0.2) is 9.84 Å². The number of carboxylic acids is 1. The molecule has 0 bridgehead atoms. The summed E-state index contributed by atoms with van der Waals surface area (Å²) < 4.78 is 23.2. The molecule has 8 heteroatoms. The van der Waals surface area contributed by atoms with Gasteiger partial charge in [-0.15, -0.1) is 0 Å². The van der Waals surface area contributed by atoms with E-state index in [2.05, 4.69) is 5.32 Å². The molecule has 0 aromatic carbocycles. The van der Waals surface area contributed by atoms with E-state index in [0.717, 1.165) is 12.8 Å². The standard InChI is InChI=1S/C12H20N2O5S/c15-11(13-6-9-1-2-9)7-14-3-4-20(18,19)8-10(14)5-12(16)17/h9-10H,1-8H2,(H,13,15)(H,16,17). The van der Waals surface area contributed by atoms with E-state index in [9.17, 15) is 18.0 Å². The van der Waals surface area contributed by atoms with Crippen molar-refractivity contribution < 1.29 is 23.1 Å². The summed E-state index contributed by atoms with van der Waals surface area (Å²) in [7, 11) is -3.20. The topological polar surface area (TPSA) is 104 Å². The lowest BCUT2D eigenvalue weighted by Crippen LogP contribution is -2.52. The first-order chi connectivity index (χ1) is 9.35. The lowest BCUT2D eigenvalue weighted by Gasteiger charge is -2.33. The van der Waals surface area contributed by atoms with Crippen LogP contribution in [0.5, 0.6) is 0 Å². The van der Waals surface area contributed by atoms with E-state index in [4.69, 9.17) is 5.11 Å². The van der Waals surface area contributed by atoms with Crippen LogP contribution < -0.4 is 5.32 Å². The summed E-state index contributed by atoms with van der Waals surface area (Å²) in [5.74, 6) is -0.827. The average molecular weight is 304 g/mol. The lowest BCUT2D eigenvalue weighted by atomic mass is 10.2. The monoisotopic (exact) mass is 304 g/mol. The molecule has 1 aliphatic carbocycles. The minimum atomic E-state index is -3.20. The van der Waals surface area contributed by atoms with Crippen LogP contribution in [0.4, 0.5) is 0 Å². The van der Waals surface area contributed by atoms with Crippen molar-refractivity contribution in [2.24, 2.45) is 5.92 Å². The van der Waals surface area contributed by atoms with Crippen molar-refractivity contribution in [3.63, 3.8) is 0 Å². The van der Waals surface area contributed by atoms with E-state index in [0.29, 0.717) is 12.5 Å². The summed E-state index contributed by atoms with van der Waals surface area (Å²) in [4.78, 5) is 24.3. The van der Waals surface area contributed by atoms with Gasteiger partial charge in [-0.2, -0.15) is 0 Å². The Balaban J connectivity index is 1.89. The Hall–Kier alpha value is -1.15. The van der Waals surface area contributed by atoms with Crippen molar-refractivity contribution in [1.29, 1.82) is 0 Å². The summed E-state index contributed by atoms with van der Waals surface area (Å²) >= 11 is 0. The van der Waals surface area contributed by atoms with Crippen molar-refractivity contribution in [1.82, 2.24) is 10.2 Å². The molecule has 2 aliphatic rings.